The Morgan fingerprint density at radius 2 is 2.16 bits per heavy atom. The van der Waals surface area contributed by atoms with Gasteiger partial charge in [-0.05, 0) is 26.2 Å². The van der Waals surface area contributed by atoms with Gasteiger partial charge in [0, 0.05) is 17.3 Å². The standard InChI is InChI=1S/C12H25N3O2S2/c1-9(2)6-10-7-18-11(14-10)13-8-12(3,4)15-19(5,16)17/h9-10,15H,6-8H2,1-5H3,(H,13,14). The van der Waals surface area contributed by atoms with Crippen molar-refractivity contribution >= 4 is 27.0 Å². The number of nitrogens with one attached hydrogen (secondary N) is 2. The highest BCUT2D eigenvalue weighted by molar-refractivity contribution is 8.14. The lowest BCUT2D eigenvalue weighted by Gasteiger charge is -2.22. The molecule has 0 spiro atoms. The van der Waals surface area contributed by atoms with Crippen LogP contribution in [-0.2, 0) is 10.0 Å². The third-order valence-electron chi connectivity index (χ3n) is 2.58. The molecule has 112 valence electrons. The molecule has 19 heavy (non-hydrogen) atoms. The summed E-state index contributed by atoms with van der Waals surface area (Å²) < 4.78 is 25.1. The first-order valence-corrected chi connectivity index (χ1v) is 9.38. The maximum Gasteiger partial charge on any atom is 0.209 e. The van der Waals surface area contributed by atoms with Crippen molar-refractivity contribution in [3.05, 3.63) is 0 Å². The molecule has 1 rings (SSSR count). The SMILES string of the molecule is CC(C)CC1CSC(=NCC(C)(C)NS(C)(=O)=O)N1. The fraction of sp³-hybridized carbons (Fsp3) is 0.917. The van der Waals surface area contributed by atoms with Gasteiger partial charge in [0.15, 0.2) is 5.17 Å². The van der Waals surface area contributed by atoms with E-state index >= 15 is 0 Å². The van der Waals surface area contributed by atoms with E-state index in [-0.39, 0.29) is 0 Å². The largest absolute Gasteiger partial charge is 0.361 e. The summed E-state index contributed by atoms with van der Waals surface area (Å²) in [5, 5.41) is 4.32. The zero-order valence-corrected chi connectivity index (χ0v) is 14.0. The number of hydrogen-bond donors (Lipinski definition) is 2. The summed E-state index contributed by atoms with van der Waals surface area (Å²) in [5.41, 5.74) is -0.557. The number of rotatable bonds is 6. The minimum Gasteiger partial charge on any atom is -0.361 e. The maximum absolute atomic E-state index is 11.2. The van der Waals surface area contributed by atoms with E-state index in [4.69, 9.17) is 0 Å². The van der Waals surface area contributed by atoms with Crippen molar-refractivity contribution in [3.8, 4) is 0 Å². The molecule has 0 aromatic carbocycles. The molecule has 1 atom stereocenters. The molecule has 5 nitrogen and oxygen atoms in total. The van der Waals surface area contributed by atoms with E-state index in [1.807, 2.05) is 13.8 Å². The predicted molar refractivity (Wildman–Crippen MR) is 83.2 cm³/mol. The van der Waals surface area contributed by atoms with Gasteiger partial charge < -0.3 is 5.32 Å². The van der Waals surface area contributed by atoms with Crippen molar-refractivity contribution in [1.29, 1.82) is 0 Å². The first-order chi connectivity index (χ1) is 8.57. The van der Waals surface area contributed by atoms with E-state index in [1.165, 1.54) is 6.26 Å². The summed E-state index contributed by atoms with van der Waals surface area (Å²) in [4.78, 5) is 4.48. The van der Waals surface area contributed by atoms with Gasteiger partial charge in [0.1, 0.15) is 0 Å². The third kappa shape index (κ3) is 7.17. The minimum absolute atomic E-state index is 0.434. The Morgan fingerprint density at radius 1 is 1.53 bits per heavy atom. The summed E-state index contributed by atoms with van der Waals surface area (Å²) in [6, 6.07) is 0.481. The predicted octanol–water partition coefficient (Wildman–Crippen LogP) is 1.42. The molecular formula is C12H25N3O2S2. The number of hydrogen-bond acceptors (Lipinski definition) is 4. The number of nitrogens with zero attached hydrogens (tertiary/aromatic N) is 1. The second-order valence-corrected chi connectivity index (χ2v) is 8.92. The Hall–Kier alpha value is -0.270. The Labute approximate surface area is 121 Å². The summed E-state index contributed by atoms with van der Waals surface area (Å²) in [6.45, 7) is 8.53. The van der Waals surface area contributed by atoms with E-state index < -0.39 is 15.6 Å². The van der Waals surface area contributed by atoms with Crippen molar-refractivity contribution < 1.29 is 8.42 Å². The quantitative estimate of drug-likeness (QED) is 0.778. The number of thioether (sulfide) groups is 1. The van der Waals surface area contributed by atoms with Crippen LogP contribution in [0.2, 0.25) is 0 Å². The van der Waals surface area contributed by atoms with Crippen LogP contribution in [-0.4, -0.2) is 43.7 Å². The molecule has 1 aliphatic heterocycles. The molecule has 0 radical (unpaired) electrons. The van der Waals surface area contributed by atoms with Crippen LogP contribution in [0.15, 0.2) is 4.99 Å². The topological polar surface area (TPSA) is 70.6 Å². The van der Waals surface area contributed by atoms with Crippen molar-refractivity contribution in [2.75, 3.05) is 18.6 Å². The molecule has 1 heterocycles. The summed E-state index contributed by atoms with van der Waals surface area (Å²) in [7, 11) is -3.20. The van der Waals surface area contributed by atoms with Crippen molar-refractivity contribution in [2.24, 2.45) is 10.9 Å². The van der Waals surface area contributed by atoms with Crippen LogP contribution in [0, 0.1) is 5.92 Å². The van der Waals surface area contributed by atoms with Gasteiger partial charge in [0.25, 0.3) is 0 Å². The zero-order chi connectivity index (χ0) is 14.7. The van der Waals surface area contributed by atoms with Gasteiger partial charge in [0.05, 0.1) is 12.8 Å². The lowest BCUT2D eigenvalue weighted by Crippen LogP contribution is -2.45. The molecule has 2 N–H and O–H groups in total. The molecule has 1 unspecified atom stereocenters. The third-order valence-corrected chi connectivity index (χ3v) is 4.60. The molecule has 0 aromatic rings. The Balaban J connectivity index is 2.49. The molecule has 1 saturated heterocycles. The molecule has 0 bridgehead atoms. The number of aliphatic imine (C=N–C) groups is 1. The second-order valence-electron chi connectivity index (χ2n) is 6.16. The van der Waals surface area contributed by atoms with Gasteiger partial charge in [-0.15, -0.1) is 0 Å². The zero-order valence-electron chi connectivity index (χ0n) is 12.4. The average Bonchev–Trinajstić information content (AvgIpc) is 2.58. The molecule has 7 heteroatoms. The summed E-state index contributed by atoms with van der Waals surface area (Å²) >= 11 is 1.71. The lowest BCUT2D eigenvalue weighted by molar-refractivity contribution is 0.464. The summed E-state index contributed by atoms with van der Waals surface area (Å²) in [6.07, 6.45) is 2.31. The first kappa shape index (κ1) is 16.8. The minimum atomic E-state index is -3.20. The number of amidine groups is 1. The van der Waals surface area contributed by atoms with E-state index in [0.29, 0.717) is 18.5 Å². The lowest BCUT2D eigenvalue weighted by atomic mass is 10.1. The van der Waals surface area contributed by atoms with E-state index in [2.05, 4.69) is 28.9 Å². The number of sulfonamides is 1. The van der Waals surface area contributed by atoms with Gasteiger partial charge in [-0.3, -0.25) is 4.99 Å². The average molecular weight is 307 g/mol. The van der Waals surface area contributed by atoms with E-state index in [9.17, 15) is 8.42 Å². The van der Waals surface area contributed by atoms with Crippen LogP contribution in [0.25, 0.3) is 0 Å². The van der Waals surface area contributed by atoms with Crippen LogP contribution in [0.1, 0.15) is 34.1 Å². The Bertz CT molecular complexity index is 430. The van der Waals surface area contributed by atoms with Crippen molar-refractivity contribution in [2.45, 2.75) is 45.7 Å². The fourth-order valence-electron chi connectivity index (χ4n) is 2.03. The van der Waals surface area contributed by atoms with Crippen LogP contribution in [0.5, 0.6) is 0 Å². The maximum atomic E-state index is 11.2. The van der Waals surface area contributed by atoms with Crippen LogP contribution >= 0.6 is 11.8 Å². The highest BCUT2D eigenvalue weighted by Gasteiger charge is 2.24. The molecule has 1 fully saturated rings. The van der Waals surface area contributed by atoms with Gasteiger partial charge >= 0.3 is 0 Å². The second kappa shape index (κ2) is 6.45. The highest BCUT2D eigenvalue weighted by atomic mass is 32.2. The normalized spacial score (nSPS) is 23.1. The monoisotopic (exact) mass is 307 g/mol. The van der Waals surface area contributed by atoms with Crippen LogP contribution in [0.3, 0.4) is 0 Å². The van der Waals surface area contributed by atoms with Crippen molar-refractivity contribution in [3.63, 3.8) is 0 Å². The van der Waals surface area contributed by atoms with Gasteiger partial charge in [-0.1, -0.05) is 25.6 Å². The molecule has 0 saturated carbocycles. The molecular weight excluding hydrogens is 282 g/mol. The van der Waals surface area contributed by atoms with Gasteiger partial charge in [0.2, 0.25) is 10.0 Å². The Kier molecular flexibility index (Phi) is 5.70. The molecule has 0 aromatic heterocycles. The summed E-state index contributed by atoms with van der Waals surface area (Å²) in [5.74, 6) is 1.71. The molecule has 0 aliphatic carbocycles. The van der Waals surface area contributed by atoms with Crippen molar-refractivity contribution in [1.82, 2.24) is 10.0 Å². The van der Waals surface area contributed by atoms with Crippen LogP contribution in [0.4, 0.5) is 0 Å². The van der Waals surface area contributed by atoms with Gasteiger partial charge in [-0.25, -0.2) is 13.1 Å². The smallest absolute Gasteiger partial charge is 0.209 e. The van der Waals surface area contributed by atoms with E-state index in [1.54, 1.807) is 11.8 Å². The first-order valence-electron chi connectivity index (χ1n) is 6.50. The highest BCUT2D eigenvalue weighted by Crippen LogP contribution is 2.19. The Morgan fingerprint density at radius 3 is 2.68 bits per heavy atom. The van der Waals surface area contributed by atoms with Crippen LogP contribution < -0.4 is 10.0 Å². The van der Waals surface area contributed by atoms with E-state index in [0.717, 1.165) is 17.3 Å². The fourth-order valence-corrected chi connectivity index (χ4v) is 4.08. The molecule has 0 amide bonds. The molecule has 1 aliphatic rings. The van der Waals surface area contributed by atoms with Gasteiger partial charge in [-0.2, -0.15) is 0 Å².